The topological polar surface area (TPSA) is 109 Å². The molecule has 0 spiro atoms. The van der Waals surface area contributed by atoms with Gasteiger partial charge in [0.25, 0.3) is 0 Å². The van der Waals surface area contributed by atoms with Gasteiger partial charge in [-0.2, -0.15) is 5.26 Å². The zero-order chi connectivity index (χ0) is 20.4. The molecule has 7 nitrogen and oxygen atoms in total. The summed E-state index contributed by atoms with van der Waals surface area (Å²) in [6, 6.07) is 12.4. The molecule has 1 aliphatic rings. The van der Waals surface area contributed by atoms with Gasteiger partial charge in [-0.1, -0.05) is 24.3 Å². The van der Waals surface area contributed by atoms with Crippen molar-refractivity contribution < 1.29 is 29.2 Å². The van der Waals surface area contributed by atoms with Crippen molar-refractivity contribution in [1.29, 1.82) is 5.26 Å². The van der Waals surface area contributed by atoms with Crippen LogP contribution in [0.25, 0.3) is 0 Å². The highest BCUT2D eigenvalue weighted by atomic mass is 16.5. The summed E-state index contributed by atoms with van der Waals surface area (Å²) < 4.78 is 16.1. The number of carboxylic acids is 1. The number of aliphatic hydroxyl groups excluding tert-OH is 1. The van der Waals surface area contributed by atoms with Crippen molar-refractivity contribution in [1.82, 2.24) is 0 Å². The quantitative estimate of drug-likeness (QED) is 0.817. The maximum absolute atomic E-state index is 12.1. The molecule has 2 aromatic carbocycles. The molecule has 0 aromatic heterocycles. The molecule has 0 amide bonds. The lowest BCUT2D eigenvalue weighted by atomic mass is 9.65. The maximum atomic E-state index is 12.1. The Morgan fingerprint density at radius 1 is 1.04 bits per heavy atom. The molecule has 0 saturated heterocycles. The fraction of sp³-hybridized carbons (Fsp3) is 0.333. The first-order valence-electron chi connectivity index (χ1n) is 8.67. The molecule has 2 N–H and O–H groups in total. The minimum absolute atomic E-state index is 0.387. The van der Waals surface area contributed by atoms with Crippen LogP contribution in [0.4, 0.5) is 0 Å². The van der Waals surface area contributed by atoms with E-state index < -0.39 is 29.8 Å². The first kappa shape index (κ1) is 19.5. The summed E-state index contributed by atoms with van der Waals surface area (Å²) in [4.78, 5) is 12.1. The first-order chi connectivity index (χ1) is 13.5. The van der Waals surface area contributed by atoms with Gasteiger partial charge in [0, 0.05) is 5.92 Å². The number of nitriles is 1. The third kappa shape index (κ3) is 3.02. The second-order valence-electron chi connectivity index (χ2n) is 6.53. The number of nitrogens with zero attached hydrogens (tertiary/aromatic N) is 1. The van der Waals surface area contributed by atoms with E-state index in [2.05, 4.69) is 0 Å². The molecule has 0 saturated carbocycles. The Morgan fingerprint density at radius 3 is 2.07 bits per heavy atom. The molecule has 2 aromatic rings. The van der Waals surface area contributed by atoms with Crippen LogP contribution in [0.2, 0.25) is 0 Å². The van der Waals surface area contributed by atoms with Gasteiger partial charge in [-0.15, -0.1) is 0 Å². The smallest absolute Gasteiger partial charge is 0.308 e. The molecule has 0 fully saturated rings. The number of benzene rings is 2. The molecular weight excluding hydrogens is 362 g/mol. The summed E-state index contributed by atoms with van der Waals surface area (Å²) in [6.45, 7) is 0. The Balaban J connectivity index is 2.30. The fourth-order valence-electron chi connectivity index (χ4n) is 3.97. The molecule has 146 valence electrons. The van der Waals surface area contributed by atoms with E-state index in [0.717, 1.165) is 0 Å². The SMILES string of the molecule is COc1cc(C2c3ccccc3C(O)C(C#N)C2C(=O)O)cc(OC)c1OC. The van der Waals surface area contributed by atoms with Gasteiger partial charge in [0.15, 0.2) is 11.5 Å². The molecule has 28 heavy (non-hydrogen) atoms. The Kier molecular flexibility index (Phi) is 5.43. The molecule has 0 aliphatic heterocycles. The van der Waals surface area contributed by atoms with E-state index >= 15 is 0 Å². The highest BCUT2D eigenvalue weighted by Crippen LogP contribution is 2.50. The normalized spacial score (nSPS) is 23.2. The Morgan fingerprint density at radius 2 is 1.61 bits per heavy atom. The molecule has 0 bridgehead atoms. The molecule has 3 rings (SSSR count). The van der Waals surface area contributed by atoms with Gasteiger partial charge in [-0.3, -0.25) is 4.79 Å². The number of methoxy groups -OCH3 is 3. The van der Waals surface area contributed by atoms with Crippen LogP contribution < -0.4 is 14.2 Å². The van der Waals surface area contributed by atoms with Crippen LogP contribution >= 0.6 is 0 Å². The Labute approximate surface area is 162 Å². The summed E-state index contributed by atoms with van der Waals surface area (Å²) in [5.74, 6) is -2.90. The van der Waals surface area contributed by atoms with E-state index in [9.17, 15) is 20.3 Å². The van der Waals surface area contributed by atoms with Crippen molar-refractivity contribution in [2.45, 2.75) is 12.0 Å². The van der Waals surface area contributed by atoms with Gasteiger partial charge < -0.3 is 24.4 Å². The van der Waals surface area contributed by atoms with Crippen molar-refractivity contribution in [2.75, 3.05) is 21.3 Å². The lowest BCUT2D eigenvalue weighted by Crippen LogP contribution is -2.38. The second kappa shape index (κ2) is 7.79. The summed E-state index contributed by atoms with van der Waals surface area (Å²) >= 11 is 0. The van der Waals surface area contributed by atoms with Crippen LogP contribution in [-0.2, 0) is 4.79 Å². The van der Waals surface area contributed by atoms with Gasteiger partial charge in [0.2, 0.25) is 5.75 Å². The predicted octanol–water partition coefficient (Wildman–Crippen LogP) is 2.73. The summed E-state index contributed by atoms with van der Waals surface area (Å²) in [7, 11) is 4.44. The average Bonchev–Trinajstić information content (AvgIpc) is 2.72. The van der Waals surface area contributed by atoms with E-state index in [4.69, 9.17) is 14.2 Å². The number of carbonyl (C=O) groups is 1. The van der Waals surface area contributed by atoms with Gasteiger partial charge in [-0.25, -0.2) is 0 Å². The highest BCUT2D eigenvalue weighted by Gasteiger charge is 2.47. The summed E-state index contributed by atoms with van der Waals surface area (Å²) in [5.41, 5.74) is 1.80. The molecule has 4 atom stereocenters. The van der Waals surface area contributed by atoms with Crippen molar-refractivity contribution >= 4 is 5.97 Å². The highest BCUT2D eigenvalue weighted by molar-refractivity contribution is 5.75. The number of aliphatic carboxylic acids is 1. The van der Waals surface area contributed by atoms with Crippen LogP contribution in [0.1, 0.15) is 28.7 Å². The van der Waals surface area contributed by atoms with Gasteiger partial charge in [-0.05, 0) is 28.8 Å². The van der Waals surface area contributed by atoms with Crippen molar-refractivity contribution in [3.8, 4) is 23.3 Å². The van der Waals surface area contributed by atoms with E-state index in [0.29, 0.717) is 33.9 Å². The minimum atomic E-state index is -1.18. The summed E-state index contributed by atoms with van der Waals surface area (Å²) in [5, 5.41) is 30.2. The molecular formula is C21H21NO6. The third-order valence-corrected chi connectivity index (χ3v) is 5.22. The fourth-order valence-corrected chi connectivity index (χ4v) is 3.97. The van der Waals surface area contributed by atoms with Gasteiger partial charge in [0.05, 0.1) is 45.3 Å². The predicted molar refractivity (Wildman–Crippen MR) is 99.6 cm³/mol. The zero-order valence-electron chi connectivity index (χ0n) is 15.7. The van der Waals surface area contributed by atoms with Crippen molar-refractivity contribution in [2.24, 2.45) is 11.8 Å². The Bertz CT molecular complexity index is 910. The van der Waals surface area contributed by atoms with Crippen LogP contribution in [-0.4, -0.2) is 37.5 Å². The molecule has 7 heteroatoms. The van der Waals surface area contributed by atoms with E-state index in [1.54, 1.807) is 36.4 Å². The van der Waals surface area contributed by atoms with Gasteiger partial charge >= 0.3 is 5.97 Å². The van der Waals surface area contributed by atoms with Gasteiger partial charge in [0.1, 0.15) is 0 Å². The number of hydrogen-bond acceptors (Lipinski definition) is 6. The van der Waals surface area contributed by atoms with E-state index in [1.807, 2.05) is 6.07 Å². The molecule has 1 aliphatic carbocycles. The lowest BCUT2D eigenvalue weighted by molar-refractivity contribution is -0.145. The monoisotopic (exact) mass is 383 g/mol. The van der Waals surface area contributed by atoms with E-state index in [1.165, 1.54) is 21.3 Å². The van der Waals surface area contributed by atoms with Crippen LogP contribution in [0.5, 0.6) is 17.2 Å². The average molecular weight is 383 g/mol. The van der Waals surface area contributed by atoms with E-state index in [-0.39, 0.29) is 0 Å². The number of ether oxygens (including phenoxy) is 3. The van der Waals surface area contributed by atoms with Crippen molar-refractivity contribution in [3.05, 3.63) is 53.1 Å². The van der Waals surface area contributed by atoms with Crippen LogP contribution in [0.3, 0.4) is 0 Å². The lowest BCUT2D eigenvalue weighted by Gasteiger charge is -2.37. The number of hydrogen-bond donors (Lipinski definition) is 2. The molecule has 0 radical (unpaired) electrons. The largest absolute Gasteiger partial charge is 0.493 e. The van der Waals surface area contributed by atoms with Crippen LogP contribution in [0.15, 0.2) is 36.4 Å². The number of fused-ring (bicyclic) bond motifs is 1. The summed E-state index contributed by atoms with van der Waals surface area (Å²) in [6.07, 6.45) is -1.18. The third-order valence-electron chi connectivity index (χ3n) is 5.22. The number of aliphatic hydroxyl groups is 1. The second-order valence-corrected chi connectivity index (χ2v) is 6.53. The van der Waals surface area contributed by atoms with Crippen LogP contribution in [0, 0.1) is 23.2 Å². The maximum Gasteiger partial charge on any atom is 0.308 e. The first-order valence-corrected chi connectivity index (χ1v) is 8.67. The minimum Gasteiger partial charge on any atom is -0.493 e. The number of carboxylic acid groups (broad SMARTS) is 1. The zero-order valence-corrected chi connectivity index (χ0v) is 15.7. The van der Waals surface area contributed by atoms with Crippen molar-refractivity contribution in [3.63, 3.8) is 0 Å². The number of rotatable bonds is 5. The Hall–Kier alpha value is -3.24. The standard InChI is InChI=1S/C21H21NO6/c1-26-15-8-11(9-16(27-2)20(15)28-3)17-12-6-4-5-7-13(12)19(23)14(10-22)18(17)21(24)25/h4-9,14,17-19,23H,1-3H3,(H,24,25). The molecule has 0 heterocycles. The molecule has 4 unspecified atom stereocenters.